The van der Waals surface area contributed by atoms with E-state index in [9.17, 15) is 22.0 Å². The Bertz CT molecular complexity index is 237. The third kappa shape index (κ3) is 0.880. The van der Waals surface area contributed by atoms with E-state index in [1.807, 2.05) is 0 Å². The van der Waals surface area contributed by atoms with Crippen LogP contribution in [0, 0.1) is 0 Å². The van der Waals surface area contributed by atoms with Gasteiger partial charge in [0.05, 0.1) is 0 Å². The Hall–Kier alpha value is -0.140. The minimum atomic E-state index is -5.16. The van der Waals surface area contributed by atoms with Crippen molar-refractivity contribution in [1.82, 2.24) is 0 Å². The minimum Gasteiger partial charge on any atom is -0.357 e. The molecule has 0 spiro atoms. The second-order valence-electron chi connectivity index (χ2n) is 2.80. The highest BCUT2D eigenvalue weighted by molar-refractivity contribution is 6.25. The van der Waals surface area contributed by atoms with Gasteiger partial charge in [0.1, 0.15) is 0 Å². The number of hydrogen-bond donors (Lipinski definition) is 1. The number of ether oxygens (including phenoxy) is 1. The zero-order valence-corrected chi connectivity index (χ0v) is 7.59. The summed E-state index contributed by atoms with van der Waals surface area (Å²) >= 11 is 4.49. The van der Waals surface area contributed by atoms with Crippen LogP contribution in [0.1, 0.15) is 6.92 Å². The van der Waals surface area contributed by atoms with E-state index in [2.05, 4.69) is 16.3 Å². The van der Waals surface area contributed by atoms with Crippen molar-refractivity contribution < 1.29 is 31.8 Å². The van der Waals surface area contributed by atoms with Gasteiger partial charge in [0.25, 0.3) is 5.79 Å². The molecule has 1 saturated carbocycles. The molecule has 0 heterocycles. The van der Waals surface area contributed by atoms with Crippen molar-refractivity contribution >= 4 is 11.6 Å². The number of rotatable bonds is 2. The summed E-state index contributed by atoms with van der Waals surface area (Å²) in [4.78, 5) is 0. The number of alkyl halides is 6. The lowest BCUT2D eigenvalue weighted by Crippen LogP contribution is -2.86. The first kappa shape index (κ1) is 11.9. The van der Waals surface area contributed by atoms with Crippen LogP contribution in [0.25, 0.3) is 0 Å². The molecule has 0 aromatic carbocycles. The molecule has 1 rings (SSSR count). The van der Waals surface area contributed by atoms with E-state index in [1.54, 1.807) is 0 Å². The summed E-state index contributed by atoms with van der Waals surface area (Å²) in [6.45, 7) is 0.540. The zero-order valence-electron chi connectivity index (χ0n) is 6.83. The molecule has 8 heteroatoms. The number of hydrogen-bond acceptors (Lipinski definition) is 2. The molecule has 2 atom stereocenters. The quantitative estimate of drug-likeness (QED) is 0.454. The monoisotopic (exact) mass is 240 g/mol. The standard InChI is InChI=1S/C6H6ClF5O2/c1-2-14-6(13)3(7,8)4(9,10)5(6,11)12/h13H,2H2,1H3. The third-order valence-electron chi connectivity index (χ3n) is 1.99. The molecule has 0 amide bonds. The third-order valence-corrected chi connectivity index (χ3v) is 2.49. The molecular weight excluding hydrogens is 235 g/mol. The molecule has 0 aliphatic heterocycles. The molecule has 0 bridgehead atoms. The van der Waals surface area contributed by atoms with Crippen LogP contribution in [0.15, 0.2) is 0 Å². The van der Waals surface area contributed by atoms with Gasteiger partial charge in [0.2, 0.25) is 0 Å². The largest absolute Gasteiger partial charge is 0.372 e. The smallest absolute Gasteiger partial charge is 0.357 e. The second-order valence-corrected chi connectivity index (χ2v) is 3.32. The van der Waals surface area contributed by atoms with E-state index in [1.165, 1.54) is 0 Å². The van der Waals surface area contributed by atoms with Gasteiger partial charge in [-0.15, -0.1) is 0 Å². The normalized spacial score (nSPS) is 44.6. The predicted molar refractivity (Wildman–Crippen MR) is 36.2 cm³/mol. The molecule has 2 nitrogen and oxygen atoms in total. The van der Waals surface area contributed by atoms with Gasteiger partial charge in [-0.2, -0.15) is 17.6 Å². The Kier molecular flexibility index (Phi) is 2.31. The van der Waals surface area contributed by atoms with Crippen molar-refractivity contribution in [1.29, 1.82) is 0 Å². The molecule has 84 valence electrons. The van der Waals surface area contributed by atoms with Crippen LogP contribution in [-0.4, -0.2) is 34.5 Å². The summed E-state index contributed by atoms with van der Waals surface area (Å²) < 4.78 is 66.8. The van der Waals surface area contributed by atoms with Gasteiger partial charge in [0.15, 0.2) is 0 Å². The molecule has 0 aromatic heterocycles. The topological polar surface area (TPSA) is 29.5 Å². The van der Waals surface area contributed by atoms with Gasteiger partial charge in [-0.1, -0.05) is 11.6 Å². The Balaban J connectivity index is 3.11. The highest BCUT2D eigenvalue weighted by Crippen LogP contribution is 2.68. The maximum Gasteiger partial charge on any atom is 0.372 e. The van der Waals surface area contributed by atoms with E-state index < -0.39 is 29.4 Å². The van der Waals surface area contributed by atoms with E-state index in [4.69, 9.17) is 5.11 Å². The zero-order chi connectivity index (χ0) is 11.4. The Morgan fingerprint density at radius 2 is 1.57 bits per heavy atom. The SMILES string of the molecule is CCOC1(O)C(F)(F)C(F)(F)C1(F)Cl. The van der Waals surface area contributed by atoms with E-state index in [-0.39, 0.29) is 0 Å². The lowest BCUT2D eigenvalue weighted by Gasteiger charge is -2.55. The van der Waals surface area contributed by atoms with Crippen LogP contribution in [0.5, 0.6) is 0 Å². The molecule has 1 aliphatic carbocycles. The first-order chi connectivity index (χ1) is 6.06. The van der Waals surface area contributed by atoms with Gasteiger partial charge in [-0.3, -0.25) is 0 Å². The summed E-state index contributed by atoms with van der Waals surface area (Å²) in [5, 5.41) is 4.52. The first-order valence-corrected chi connectivity index (χ1v) is 3.94. The molecule has 14 heavy (non-hydrogen) atoms. The average Bonchev–Trinajstić information content (AvgIpc) is 2.02. The maximum atomic E-state index is 12.9. The number of aliphatic hydroxyl groups is 1. The molecule has 0 aromatic rings. The van der Waals surface area contributed by atoms with Crippen LogP contribution >= 0.6 is 11.6 Å². The molecule has 1 aliphatic rings. The van der Waals surface area contributed by atoms with Crippen molar-refractivity contribution in [3.05, 3.63) is 0 Å². The molecular formula is C6H6ClF5O2. The van der Waals surface area contributed by atoms with Gasteiger partial charge in [-0.05, 0) is 6.92 Å². The van der Waals surface area contributed by atoms with Crippen LogP contribution in [0.4, 0.5) is 22.0 Å². The van der Waals surface area contributed by atoms with Crippen molar-refractivity contribution in [2.24, 2.45) is 0 Å². The van der Waals surface area contributed by atoms with Gasteiger partial charge >= 0.3 is 17.0 Å². The van der Waals surface area contributed by atoms with Crippen LogP contribution < -0.4 is 0 Å². The molecule has 0 radical (unpaired) electrons. The average molecular weight is 241 g/mol. The predicted octanol–water partition coefficient (Wildman–Crippen LogP) is 1.90. The number of halogens is 6. The fourth-order valence-electron chi connectivity index (χ4n) is 1.15. The van der Waals surface area contributed by atoms with E-state index >= 15 is 0 Å². The first-order valence-electron chi connectivity index (χ1n) is 3.56. The summed E-state index contributed by atoms with van der Waals surface area (Å²) in [5.74, 6) is -14.2. The lowest BCUT2D eigenvalue weighted by atomic mass is 9.78. The molecule has 2 unspecified atom stereocenters. The van der Waals surface area contributed by atoms with Crippen LogP contribution in [0.2, 0.25) is 0 Å². The second kappa shape index (κ2) is 2.70. The van der Waals surface area contributed by atoms with E-state index in [0.717, 1.165) is 6.92 Å². The molecule has 1 N–H and O–H groups in total. The fourth-order valence-corrected chi connectivity index (χ4v) is 1.44. The lowest BCUT2D eigenvalue weighted by molar-refractivity contribution is -0.500. The van der Waals surface area contributed by atoms with Crippen molar-refractivity contribution in [3.8, 4) is 0 Å². The summed E-state index contributed by atoms with van der Waals surface area (Å²) in [7, 11) is 0. The van der Waals surface area contributed by atoms with Gasteiger partial charge in [0, 0.05) is 6.61 Å². The van der Waals surface area contributed by atoms with Crippen molar-refractivity contribution in [3.63, 3.8) is 0 Å². The maximum absolute atomic E-state index is 12.9. The minimum absolute atomic E-state index is 0.583. The van der Waals surface area contributed by atoms with Crippen LogP contribution in [-0.2, 0) is 4.74 Å². The summed E-state index contributed by atoms with van der Waals surface area (Å²) in [5.41, 5.74) is 0. The summed E-state index contributed by atoms with van der Waals surface area (Å²) in [6.07, 6.45) is 0. The summed E-state index contributed by atoms with van der Waals surface area (Å²) in [6, 6.07) is 0. The fraction of sp³-hybridized carbons (Fsp3) is 1.00. The van der Waals surface area contributed by atoms with Gasteiger partial charge < -0.3 is 9.84 Å². The Morgan fingerprint density at radius 1 is 1.14 bits per heavy atom. The van der Waals surface area contributed by atoms with Crippen LogP contribution in [0.3, 0.4) is 0 Å². The Morgan fingerprint density at radius 3 is 1.86 bits per heavy atom. The Labute approximate surface area is 80.6 Å². The van der Waals surface area contributed by atoms with E-state index in [0.29, 0.717) is 0 Å². The highest BCUT2D eigenvalue weighted by atomic mass is 35.5. The van der Waals surface area contributed by atoms with Crippen molar-refractivity contribution in [2.75, 3.05) is 6.61 Å². The molecule has 0 saturated heterocycles. The highest BCUT2D eigenvalue weighted by Gasteiger charge is 2.98. The van der Waals surface area contributed by atoms with Gasteiger partial charge in [-0.25, -0.2) is 4.39 Å². The van der Waals surface area contributed by atoms with Crippen molar-refractivity contribution in [2.45, 2.75) is 29.7 Å². The molecule has 1 fully saturated rings.